The van der Waals surface area contributed by atoms with Crippen molar-refractivity contribution in [3.63, 3.8) is 0 Å². The molecule has 1 aromatic heterocycles. The molecule has 0 saturated carbocycles. The molecule has 0 amide bonds. The lowest BCUT2D eigenvalue weighted by atomic mass is 10.3. The van der Waals surface area contributed by atoms with Crippen LogP contribution in [0.3, 0.4) is 0 Å². The van der Waals surface area contributed by atoms with Gasteiger partial charge in [-0.15, -0.1) is 10.2 Å². The summed E-state index contributed by atoms with van der Waals surface area (Å²) in [7, 11) is 0. The van der Waals surface area contributed by atoms with Gasteiger partial charge in [0.05, 0.1) is 0 Å². The lowest BCUT2D eigenvalue weighted by Gasteiger charge is -2.02. The Labute approximate surface area is 118 Å². The zero-order chi connectivity index (χ0) is 12.1. The summed E-state index contributed by atoms with van der Waals surface area (Å²) in [6.07, 6.45) is 0. The molecule has 1 heterocycles. The quantitative estimate of drug-likeness (QED) is 0.832. The Kier molecular flexibility index (Phi) is 4.55. The van der Waals surface area contributed by atoms with Crippen molar-refractivity contribution in [1.82, 2.24) is 10.2 Å². The van der Waals surface area contributed by atoms with E-state index in [0.717, 1.165) is 22.4 Å². The normalized spacial score (nSPS) is 10.2. The predicted octanol–water partition coefficient (Wildman–Crippen LogP) is 3.15. The first-order chi connectivity index (χ1) is 8.28. The molecule has 0 bridgehead atoms. The topological polar surface area (TPSA) is 47.0 Å². The van der Waals surface area contributed by atoms with E-state index in [9.17, 15) is 0 Å². The molecule has 0 atom stereocenters. The van der Waals surface area contributed by atoms with Gasteiger partial charge < -0.3 is 10.1 Å². The maximum Gasteiger partial charge on any atom is 0.205 e. The van der Waals surface area contributed by atoms with Gasteiger partial charge in [0.1, 0.15) is 12.4 Å². The van der Waals surface area contributed by atoms with Gasteiger partial charge >= 0.3 is 0 Å². The highest BCUT2D eigenvalue weighted by Gasteiger charge is 2.03. The van der Waals surface area contributed by atoms with Gasteiger partial charge in [0.15, 0.2) is 5.01 Å². The van der Waals surface area contributed by atoms with E-state index in [0.29, 0.717) is 6.61 Å². The summed E-state index contributed by atoms with van der Waals surface area (Å²) in [6.45, 7) is 3.35. The summed E-state index contributed by atoms with van der Waals surface area (Å²) in [6, 6.07) is 7.93. The molecule has 0 spiro atoms. The van der Waals surface area contributed by atoms with Crippen LogP contribution in [-0.2, 0) is 6.61 Å². The van der Waals surface area contributed by atoms with Crippen LogP contribution in [0.2, 0.25) is 0 Å². The first-order valence-electron chi connectivity index (χ1n) is 5.22. The van der Waals surface area contributed by atoms with Crippen LogP contribution in [-0.4, -0.2) is 16.7 Å². The maximum atomic E-state index is 5.62. The minimum atomic E-state index is 0.462. The van der Waals surface area contributed by atoms with Crippen LogP contribution >= 0.6 is 33.9 Å². The third-order valence-corrected chi connectivity index (χ3v) is 3.54. The van der Waals surface area contributed by atoms with Crippen LogP contribution in [0.4, 0.5) is 5.13 Å². The zero-order valence-corrected chi connectivity index (χ0v) is 12.3. The monoisotopic (exact) mass is 361 g/mol. The summed E-state index contributed by atoms with van der Waals surface area (Å²) in [4.78, 5) is 0. The van der Waals surface area contributed by atoms with Gasteiger partial charge in [-0.05, 0) is 53.8 Å². The van der Waals surface area contributed by atoms with Gasteiger partial charge in [-0.1, -0.05) is 11.3 Å². The van der Waals surface area contributed by atoms with Crippen LogP contribution in [0.5, 0.6) is 5.75 Å². The average molecular weight is 361 g/mol. The number of rotatable bonds is 5. The highest BCUT2D eigenvalue weighted by atomic mass is 127. The van der Waals surface area contributed by atoms with Crippen LogP contribution in [0.15, 0.2) is 24.3 Å². The minimum Gasteiger partial charge on any atom is -0.486 e. The summed E-state index contributed by atoms with van der Waals surface area (Å²) < 4.78 is 6.81. The fourth-order valence-electron chi connectivity index (χ4n) is 1.21. The van der Waals surface area contributed by atoms with E-state index >= 15 is 0 Å². The van der Waals surface area contributed by atoms with E-state index in [4.69, 9.17) is 4.74 Å². The van der Waals surface area contributed by atoms with Gasteiger partial charge in [-0.3, -0.25) is 0 Å². The molecule has 2 rings (SSSR count). The van der Waals surface area contributed by atoms with Crippen molar-refractivity contribution < 1.29 is 4.74 Å². The smallest absolute Gasteiger partial charge is 0.205 e. The fraction of sp³-hybridized carbons (Fsp3) is 0.273. The fourth-order valence-corrected chi connectivity index (χ4v) is 2.29. The summed E-state index contributed by atoms with van der Waals surface area (Å²) in [5.41, 5.74) is 0. The molecule has 0 saturated heterocycles. The number of hydrogen-bond donors (Lipinski definition) is 1. The van der Waals surface area contributed by atoms with E-state index in [1.54, 1.807) is 0 Å². The Hall–Kier alpha value is -0.890. The molecule has 0 unspecified atom stereocenters. The molecule has 6 heteroatoms. The van der Waals surface area contributed by atoms with Crippen LogP contribution in [0.1, 0.15) is 11.9 Å². The molecule has 4 nitrogen and oxygen atoms in total. The number of nitrogens with zero attached hydrogens (tertiary/aromatic N) is 2. The van der Waals surface area contributed by atoms with Gasteiger partial charge in [-0.2, -0.15) is 0 Å². The number of benzene rings is 1. The molecule has 0 aliphatic rings. The van der Waals surface area contributed by atoms with E-state index in [1.807, 2.05) is 31.2 Å². The number of ether oxygens (including phenoxy) is 1. The highest BCUT2D eigenvalue weighted by molar-refractivity contribution is 14.1. The molecule has 17 heavy (non-hydrogen) atoms. The molecule has 2 aromatic rings. The maximum absolute atomic E-state index is 5.62. The SMILES string of the molecule is CCNc1nnc(COc2ccc(I)cc2)s1. The van der Waals surface area contributed by atoms with Crippen molar-refractivity contribution in [2.75, 3.05) is 11.9 Å². The molecular formula is C11H12IN3OS. The Balaban J connectivity index is 1.90. The van der Waals surface area contributed by atoms with Gasteiger partial charge in [-0.25, -0.2) is 0 Å². The van der Waals surface area contributed by atoms with Crippen LogP contribution in [0, 0.1) is 3.57 Å². The standard InChI is InChI=1S/C11H12IN3OS/c1-2-13-11-15-14-10(17-11)7-16-9-5-3-8(12)4-6-9/h3-6H,2,7H2,1H3,(H,13,15). The third kappa shape index (κ3) is 3.81. The molecule has 1 N–H and O–H groups in total. The molecule has 90 valence electrons. The van der Waals surface area contributed by atoms with Crippen LogP contribution < -0.4 is 10.1 Å². The van der Waals surface area contributed by atoms with Crippen LogP contribution in [0.25, 0.3) is 0 Å². The van der Waals surface area contributed by atoms with E-state index < -0.39 is 0 Å². The van der Waals surface area contributed by atoms with Crippen molar-refractivity contribution in [1.29, 1.82) is 0 Å². The number of hydrogen-bond acceptors (Lipinski definition) is 5. The van der Waals surface area contributed by atoms with Gasteiger partial charge in [0, 0.05) is 10.1 Å². The number of aromatic nitrogens is 2. The summed E-state index contributed by atoms with van der Waals surface area (Å²) in [5.74, 6) is 0.852. The lowest BCUT2D eigenvalue weighted by molar-refractivity contribution is 0.304. The van der Waals surface area contributed by atoms with Crippen molar-refractivity contribution in [3.8, 4) is 5.75 Å². The largest absolute Gasteiger partial charge is 0.486 e. The molecular weight excluding hydrogens is 349 g/mol. The summed E-state index contributed by atoms with van der Waals surface area (Å²) in [5, 5.41) is 12.9. The Bertz CT molecular complexity index is 472. The van der Waals surface area contributed by atoms with Gasteiger partial charge in [0.2, 0.25) is 5.13 Å². The number of nitrogens with one attached hydrogen (secondary N) is 1. The first-order valence-corrected chi connectivity index (χ1v) is 7.12. The second-order valence-corrected chi connectivity index (χ2v) is 5.58. The Morgan fingerprint density at radius 1 is 1.29 bits per heavy atom. The first kappa shape index (κ1) is 12.6. The van der Waals surface area contributed by atoms with E-state index in [1.165, 1.54) is 14.9 Å². The van der Waals surface area contributed by atoms with Crippen molar-refractivity contribution in [2.45, 2.75) is 13.5 Å². The lowest BCUT2D eigenvalue weighted by Crippen LogP contribution is -1.94. The second-order valence-electron chi connectivity index (χ2n) is 3.27. The summed E-state index contributed by atoms with van der Waals surface area (Å²) >= 11 is 3.78. The van der Waals surface area contributed by atoms with Gasteiger partial charge in [0.25, 0.3) is 0 Å². The zero-order valence-electron chi connectivity index (χ0n) is 9.31. The molecule has 0 radical (unpaired) electrons. The van der Waals surface area contributed by atoms with E-state index in [-0.39, 0.29) is 0 Å². The predicted molar refractivity (Wildman–Crippen MR) is 77.6 cm³/mol. The molecule has 0 aliphatic heterocycles. The molecule has 0 fully saturated rings. The number of anilines is 1. The van der Waals surface area contributed by atoms with Crippen molar-refractivity contribution >= 4 is 39.1 Å². The Morgan fingerprint density at radius 2 is 2.06 bits per heavy atom. The minimum absolute atomic E-state index is 0.462. The van der Waals surface area contributed by atoms with Crippen molar-refractivity contribution in [3.05, 3.63) is 32.8 Å². The second kappa shape index (κ2) is 6.15. The van der Waals surface area contributed by atoms with Crippen molar-refractivity contribution in [2.24, 2.45) is 0 Å². The third-order valence-electron chi connectivity index (χ3n) is 1.97. The average Bonchev–Trinajstić information content (AvgIpc) is 2.77. The highest BCUT2D eigenvalue weighted by Crippen LogP contribution is 2.18. The Morgan fingerprint density at radius 3 is 2.76 bits per heavy atom. The van der Waals surface area contributed by atoms with E-state index in [2.05, 4.69) is 38.1 Å². The number of halogens is 1. The molecule has 1 aromatic carbocycles. The molecule has 0 aliphatic carbocycles.